The number of benzene rings is 2. The van der Waals surface area contributed by atoms with Gasteiger partial charge in [0.05, 0.1) is 12.9 Å². The van der Waals surface area contributed by atoms with E-state index in [0.29, 0.717) is 17.5 Å². The quantitative estimate of drug-likeness (QED) is 0.674. The number of methoxy groups -OCH3 is 1. The van der Waals surface area contributed by atoms with Crippen molar-refractivity contribution in [2.45, 2.75) is 17.6 Å². The fourth-order valence-corrected chi connectivity index (χ4v) is 2.88. The van der Waals surface area contributed by atoms with Crippen LogP contribution in [-0.2, 0) is 10.5 Å². The zero-order chi connectivity index (χ0) is 17.6. The van der Waals surface area contributed by atoms with Crippen molar-refractivity contribution in [1.29, 1.82) is 0 Å². The van der Waals surface area contributed by atoms with Crippen LogP contribution in [0.2, 0.25) is 0 Å². The highest BCUT2D eigenvalue weighted by atomic mass is 32.2. The van der Waals surface area contributed by atoms with E-state index in [1.165, 1.54) is 6.92 Å². The van der Waals surface area contributed by atoms with E-state index in [1.54, 1.807) is 18.9 Å². The van der Waals surface area contributed by atoms with Gasteiger partial charge in [-0.05, 0) is 48.5 Å². The van der Waals surface area contributed by atoms with Gasteiger partial charge in [0.2, 0.25) is 17.7 Å². The van der Waals surface area contributed by atoms with Crippen molar-refractivity contribution in [3.8, 4) is 17.2 Å². The Morgan fingerprint density at radius 1 is 1.12 bits per heavy atom. The van der Waals surface area contributed by atoms with Gasteiger partial charge in [-0.3, -0.25) is 4.79 Å². The Bertz CT molecular complexity index is 845. The summed E-state index contributed by atoms with van der Waals surface area (Å²) in [6, 6.07) is 15.1. The highest BCUT2D eigenvalue weighted by molar-refractivity contribution is 7.98. The molecule has 0 atom stereocenters. The van der Waals surface area contributed by atoms with Crippen LogP contribution in [0.5, 0.6) is 5.75 Å². The molecule has 0 aliphatic carbocycles. The molecule has 0 saturated carbocycles. The van der Waals surface area contributed by atoms with Gasteiger partial charge in [0.1, 0.15) is 5.75 Å². The Balaban J connectivity index is 1.60. The van der Waals surface area contributed by atoms with Gasteiger partial charge in [-0.25, -0.2) is 0 Å². The first kappa shape index (κ1) is 17.0. The van der Waals surface area contributed by atoms with Crippen molar-refractivity contribution in [2.75, 3.05) is 12.4 Å². The van der Waals surface area contributed by atoms with Gasteiger partial charge in [0.25, 0.3) is 0 Å². The Hall–Kier alpha value is -2.80. The molecule has 1 heterocycles. The highest BCUT2D eigenvalue weighted by Gasteiger charge is 2.09. The molecule has 25 heavy (non-hydrogen) atoms. The lowest BCUT2D eigenvalue weighted by Gasteiger charge is -2.03. The lowest BCUT2D eigenvalue weighted by Crippen LogP contribution is -2.05. The largest absolute Gasteiger partial charge is 0.497 e. The Kier molecular flexibility index (Phi) is 5.35. The molecule has 0 aliphatic heterocycles. The summed E-state index contributed by atoms with van der Waals surface area (Å²) in [4.78, 5) is 12.1. The molecular weight excluding hydrogens is 338 g/mol. The van der Waals surface area contributed by atoms with E-state index in [1.807, 2.05) is 48.5 Å². The Morgan fingerprint density at radius 3 is 2.48 bits per heavy atom. The first-order valence-electron chi connectivity index (χ1n) is 7.61. The number of amides is 1. The molecule has 0 aliphatic rings. The Morgan fingerprint density at radius 2 is 1.84 bits per heavy atom. The first-order valence-corrected chi connectivity index (χ1v) is 8.60. The molecule has 1 amide bonds. The van der Waals surface area contributed by atoms with E-state index in [9.17, 15) is 4.79 Å². The van der Waals surface area contributed by atoms with Crippen LogP contribution in [0, 0.1) is 0 Å². The zero-order valence-electron chi connectivity index (χ0n) is 13.9. The molecular formula is C18H17N3O3S. The third-order valence-corrected chi connectivity index (χ3v) is 4.34. The van der Waals surface area contributed by atoms with Crippen molar-refractivity contribution in [2.24, 2.45) is 0 Å². The minimum absolute atomic E-state index is 0.0858. The summed E-state index contributed by atoms with van der Waals surface area (Å²) in [7, 11) is 1.62. The summed E-state index contributed by atoms with van der Waals surface area (Å²) in [5.74, 6) is 2.31. The molecule has 6 nitrogen and oxygen atoms in total. The van der Waals surface area contributed by atoms with Crippen molar-refractivity contribution in [1.82, 2.24) is 10.2 Å². The van der Waals surface area contributed by atoms with Gasteiger partial charge >= 0.3 is 0 Å². The molecule has 0 radical (unpaired) electrons. The summed E-state index contributed by atoms with van der Waals surface area (Å²) in [5, 5.41) is 10.9. The van der Waals surface area contributed by atoms with Gasteiger partial charge in [-0.1, -0.05) is 0 Å². The molecule has 128 valence electrons. The van der Waals surface area contributed by atoms with Gasteiger partial charge in [0.15, 0.2) is 0 Å². The molecule has 1 N–H and O–H groups in total. The number of hydrogen-bond donors (Lipinski definition) is 1. The highest BCUT2D eigenvalue weighted by Crippen LogP contribution is 2.26. The van der Waals surface area contributed by atoms with Crippen LogP contribution in [0.1, 0.15) is 12.8 Å². The van der Waals surface area contributed by atoms with Gasteiger partial charge in [-0.2, -0.15) is 0 Å². The maximum absolute atomic E-state index is 11.0. The second kappa shape index (κ2) is 7.85. The van der Waals surface area contributed by atoms with Crippen LogP contribution in [0.25, 0.3) is 11.5 Å². The number of rotatable bonds is 6. The van der Waals surface area contributed by atoms with Crippen LogP contribution in [-0.4, -0.2) is 23.2 Å². The van der Waals surface area contributed by atoms with Crippen molar-refractivity contribution in [3.05, 3.63) is 54.4 Å². The standard InChI is InChI=1S/C18H17N3O3S/c1-12(22)19-14-5-9-16(10-6-14)25-11-17-20-21-18(24-17)13-3-7-15(23-2)8-4-13/h3-10H,11H2,1-2H3,(H,19,22). The summed E-state index contributed by atoms with van der Waals surface area (Å²) >= 11 is 1.59. The fraction of sp³-hybridized carbons (Fsp3) is 0.167. The van der Waals surface area contributed by atoms with Gasteiger partial charge in [0, 0.05) is 23.1 Å². The van der Waals surface area contributed by atoms with Crippen LogP contribution in [0.15, 0.2) is 57.8 Å². The predicted octanol–water partition coefficient (Wildman–Crippen LogP) is 4.00. The van der Waals surface area contributed by atoms with E-state index >= 15 is 0 Å². The van der Waals surface area contributed by atoms with Crippen molar-refractivity contribution < 1.29 is 13.9 Å². The summed E-state index contributed by atoms with van der Waals surface area (Å²) in [6.07, 6.45) is 0. The zero-order valence-corrected chi connectivity index (χ0v) is 14.7. The van der Waals surface area contributed by atoms with E-state index < -0.39 is 0 Å². The number of nitrogens with one attached hydrogen (secondary N) is 1. The predicted molar refractivity (Wildman–Crippen MR) is 96.6 cm³/mol. The number of carbonyl (C=O) groups excluding carboxylic acids is 1. The van der Waals surface area contributed by atoms with E-state index in [-0.39, 0.29) is 5.91 Å². The molecule has 0 unspecified atom stereocenters. The molecule has 0 saturated heterocycles. The monoisotopic (exact) mass is 355 g/mol. The third-order valence-electron chi connectivity index (χ3n) is 3.34. The lowest BCUT2D eigenvalue weighted by atomic mass is 10.2. The van der Waals surface area contributed by atoms with E-state index in [4.69, 9.17) is 9.15 Å². The second-order valence-corrected chi connectivity index (χ2v) is 6.27. The summed E-state index contributed by atoms with van der Waals surface area (Å²) < 4.78 is 10.8. The number of thioether (sulfide) groups is 1. The van der Waals surface area contributed by atoms with Crippen molar-refractivity contribution >= 4 is 23.4 Å². The topological polar surface area (TPSA) is 77.3 Å². The number of aromatic nitrogens is 2. The molecule has 0 spiro atoms. The summed E-state index contributed by atoms with van der Waals surface area (Å²) in [5.41, 5.74) is 1.63. The minimum Gasteiger partial charge on any atom is -0.497 e. The number of hydrogen-bond acceptors (Lipinski definition) is 6. The molecule has 0 fully saturated rings. The van der Waals surface area contributed by atoms with E-state index in [0.717, 1.165) is 21.9 Å². The number of anilines is 1. The first-order chi connectivity index (χ1) is 12.1. The SMILES string of the molecule is COc1ccc(-c2nnc(CSc3ccc(NC(C)=O)cc3)o2)cc1. The number of ether oxygens (including phenoxy) is 1. The van der Waals surface area contributed by atoms with Crippen LogP contribution in [0.3, 0.4) is 0 Å². The van der Waals surface area contributed by atoms with Gasteiger partial charge in [-0.15, -0.1) is 22.0 Å². The molecule has 3 aromatic rings. The molecule has 1 aromatic heterocycles. The smallest absolute Gasteiger partial charge is 0.247 e. The number of carbonyl (C=O) groups is 1. The van der Waals surface area contributed by atoms with E-state index in [2.05, 4.69) is 15.5 Å². The molecule has 3 rings (SSSR count). The normalized spacial score (nSPS) is 10.5. The van der Waals surface area contributed by atoms with Gasteiger partial charge < -0.3 is 14.5 Å². The van der Waals surface area contributed by atoms with Crippen LogP contribution in [0.4, 0.5) is 5.69 Å². The fourth-order valence-electron chi connectivity index (χ4n) is 2.15. The minimum atomic E-state index is -0.0858. The number of nitrogens with zero attached hydrogens (tertiary/aromatic N) is 2. The average molecular weight is 355 g/mol. The third kappa shape index (κ3) is 4.60. The molecule has 2 aromatic carbocycles. The maximum Gasteiger partial charge on any atom is 0.247 e. The molecule has 0 bridgehead atoms. The van der Waals surface area contributed by atoms with Crippen LogP contribution < -0.4 is 10.1 Å². The van der Waals surface area contributed by atoms with Crippen molar-refractivity contribution in [3.63, 3.8) is 0 Å². The lowest BCUT2D eigenvalue weighted by molar-refractivity contribution is -0.114. The summed E-state index contributed by atoms with van der Waals surface area (Å²) in [6.45, 7) is 1.48. The average Bonchev–Trinajstić information content (AvgIpc) is 3.10. The van der Waals surface area contributed by atoms with Crippen LogP contribution >= 0.6 is 11.8 Å². The Labute approximate surface area is 149 Å². The molecule has 7 heteroatoms. The second-order valence-electron chi connectivity index (χ2n) is 5.22. The maximum atomic E-state index is 11.0.